The summed E-state index contributed by atoms with van der Waals surface area (Å²) < 4.78 is 5.77. The molecule has 8 rings (SSSR count). The molecule has 3 aromatic carbocycles. The predicted molar refractivity (Wildman–Crippen MR) is 154 cm³/mol. The van der Waals surface area contributed by atoms with E-state index in [1.54, 1.807) is 11.3 Å². The van der Waals surface area contributed by atoms with Gasteiger partial charge in [0.15, 0.2) is 0 Å². The van der Waals surface area contributed by atoms with Crippen LogP contribution in [0.3, 0.4) is 0 Å². The summed E-state index contributed by atoms with van der Waals surface area (Å²) in [6.07, 6.45) is 1.97. The van der Waals surface area contributed by atoms with Crippen LogP contribution in [0.15, 0.2) is 85.1 Å². The van der Waals surface area contributed by atoms with E-state index >= 15 is 0 Å². The van der Waals surface area contributed by atoms with Crippen molar-refractivity contribution in [3.8, 4) is 16.1 Å². The largest absolute Gasteiger partial charge is 0.309 e. The Morgan fingerprint density at radius 1 is 0.811 bits per heavy atom. The van der Waals surface area contributed by atoms with Crippen LogP contribution in [0.2, 0.25) is 0 Å². The quantitative estimate of drug-likeness (QED) is 0.166. The number of thiophene rings is 2. The number of rotatable bonds is 2. The van der Waals surface area contributed by atoms with Gasteiger partial charge in [-0.25, -0.2) is 0 Å². The average Bonchev–Trinajstić information content (AvgIpc) is 3.66. The minimum Gasteiger partial charge on any atom is -0.309 e. The Bertz CT molecular complexity index is 2090. The second-order valence-corrected chi connectivity index (χ2v) is 11.4. The first kappa shape index (κ1) is 22.9. The van der Waals surface area contributed by atoms with E-state index in [0.717, 1.165) is 5.52 Å². The molecule has 0 aliphatic rings. The van der Waals surface area contributed by atoms with Gasteiger partial charge in [0.05, 0.1) is 22.7 Å². The molecule has 0 aliphatic carbocycles. The summed E-state index contributed by atoms with van der Waals surface area (Å²) in [5.74, 6) is 0. The molecule has 5 heterocycles. The number of aromatic nitrogens is 3. The molecule has 0 amide bonds. The Kier molecular flexibility index (Phi) is 5.18. The van der Waals surface area contributed by atoms with Gasteiger partial charge < -0.3 is 4.57 Å². The zero-order chi connectivity index (χ0) is 24.0. The number of pyridine rings is 1. The summed E-state index contributed by atoms with van der Waals surface area (Å²) in [7, 11) is 0. The van der Waals surface area contributed by atoms with Crippen molar-refractivity contribution in [2.75, 3.05) is 0 Å². The van der Waals surface area contributed by atoms with Gasteiger partial charge in [0.2, 0.25) is 0 Å². The fraction of sp³-hybridized carbons (Fsp3) is 0.0645. The molecule has 0 unspecified atom stereocenters. The molecule has 37 heavy (non-hydrogen) atoms. The molecular formula is C31H20IrN3S2-. The van der Waals surface area contributed by atoms with Crippen LogP contribution in [0.5, 0.6) is 0 Å². The van der Waals surface area contributed by atoms with E-state index in [4.69, 9.17) is 5.10 Å². The first-order chi connectivity index (χ1) is 17.7. The minimum atomic E-state index is 0. The van der Waals surface area contributed by atoms with Gasteiger partial charge >= 0.3 is 0 Å². The third kappa shape index (κ3) is 3.17. The second kappa shape index (κ2) is 8.37. The number of para-hydroxylation sites is 2. The Labute approximate surface area is 234 Å². The summed E-state index contributed by atoms with van der Waals surface area (Å²) in [6, 6.07) is 28.6. The third-order valence-electron chi connectivity index (χ3n) is 7.16. The van der Waals surface area contributed by atoms with E-state index in [2.05, 4.69) is 107 Å². The summed E-state index contributed by atoms with van der Waals surface area (Å²) in [4.78, 5) is 2.56. The van der Waals surface area contributed by atoms with Gasteiger partial charge in [-0.15, -0.1) is 21.6 Å². The Morgan fingerprint density at radius 3 is 2.30 bits per heavy atom. The molecule has 5 aromatic heterocycles. The van der Waals surface area contributed by atoms with Crippen molar-refractivity contribution >= 4 is 71.0 Å². The third-order valence-corrected chi connectivity index (χ3v) is 9.16. The molecule has 0 spiro atoms. The molecule has 181 valence electrons. The molecule has 8 aromatic rings. The first-order valence-corrected chi connectivity index (χ1v) is 13.6. The van der Waals surface area contributed by atoms with E-state index in [1.165, 1.54) is 69.4 Å². The SMILES string of the molecule is Cc1cc2c(s1)c1c(C)cnn1c1[c-]sc(-c3cccc(-n4c5ccccc5c5ccccc54)c3)c21.[Ir]. The summed E-state index contributed by atoms with van der Waals surface area (Å²) >= 11 is 3.54. The van der Waals surface area contributed by atoms with E-state index in [0.29, 0.717) is 0 Å². The van der Waals surface area contributed by atoms with Crippen LogP contribution in [-0.4, -0.2) is 14.2 Å². The van der Waals surface area contributed by atoms with Crippen LogP contribution in [0, 0.1) is 19.2 Å². The van der Waals surface area contributed by atoms with E-state index in [1.807, 2.05) is 17.5 Å². The van der Waals surface area contributed by atoms with Gasteiger partial charge in [-0.3, -0.25) is 15.9 Å². The van der Waals surface area contributed by atoms with Crippen molar-refractivity contribution in [1.29, 1.82) is 0 Å². The average molecular weight is 691 g/mol. The smallest absolute Gasteiger partial charge is 0.0840 e. The molecule has 0 aliphatic heterocycles. The van der Waals surface area contributed by atoms with Crippen molar-refractivity contribution in [2.24, 2.45) is 0 Å². The minimum absolute atomic E-state index is 0. The molecule has 0 fully saturated rings. The molecule has 0 atom stereocenters. The molecule has 0 saturated carbocycles. The first-order valence-electron chi connectivity index (χ1n) is 12.0. The van der Waals surface area contributed by atoms with Crippen molar-refractivity contribution in [3.63, 3.8) is 0 Å². The summed E-state index contributed by atoms with van der Waals surface area (Å²) in [5, 5.41) is 13.4. The zero-order valence-electron chi connectivity index (χ0n) is 20.1. The number of hydrogen-bond acceptors (Lipinski definition) is 3. The van der Waals surface area contributed by atoms with Crippen molar-refractivity contribution in [3.05, 3.63) is 101 Å². The monoisotopic (exact) mass is 691 g/mol. The van der Waals surface area contributed by atoms with Crippen LogP contribution < -0.4 is 0 Å². The Hall–Kier alpha value is -3.28. The van der Waals surface area contributed by atoms with Crippen molar-refractivity contribution in [1.82, 2.24) is 14.2 Å². The van der Waals surface area contributed by atoms with Gasteiger partial charge in [-0.2, -0.15) is 5.10 Å². The zero-order valence-corrected chi connectivity index (χ0v) is 24.1. The van der Waals surface area contributed by atoms with Crippen LogP contribution in [0.4, 0.5) is 0 Å². The number of benzene rings is 3. The molecule has 1 radical (unpaired) electrons. The van der Waals surface area contributed by atoms with E-state index in [-0.39, 0.29) is 20.1 Å². The number of hydrogen-bond donors (Lipinski definition) is 0. The van der Waals surface area contributed by atoms with E-state index in [9.17, 15) is 0 Å². The predicted octanol–water partition coefficient (Wildman–Crippen LogP) is 8.94. The second-order valence-electron chi connectivity index (χ2n) is 9.36. The maximum absolute atomic E-state index is 4.73. The molecule has 0 saturated heterocycles. The maximum atomic E-state index is 4.73. The van der Waals surface area contributed by atoms with Crippen LogP contribution in [0.25, 0.3) is 64.4 Å². The molecule has 3 nitrogen and oxygen atoms in total. The van der Waals surface area contributed by atoms with Crippen LogP contribution >= 0.6 is 22.7 Å². The fourth-order valence-electron chi connectivity index (χ4n) is 5.65. The molecule has 6 heteroatoms. The van der Waals surface area contributed by atoms with Gasteiger partial charge in [0.25, 0.3) is 0 Å². The van der Waals surface area contributed by atoms with Crippen molar-refractivity contribution < 1.29 is 20.1 Å². The van der Waals surface area contributed by atoms with Gasteiger partial charge in [0.1, 0.15) is 0 Å². The number of aryl methyl sites for hydroxylation is 2. The molecule has 0 N–H and O–H groups in total. The summed E-state index contributed by atoms with van der Waals surface area (Å²) in [6.45, 7) is 4.34. The standard InChI is InChI=1S/C31H20N3S2.Ir/c1-18-16-32-34-27-17-35-30(28(27)24-14-19(2)36-31(24)29(18)34)20-8-7-9-21(15-20)33-25-12-5-3-10-22(25)23-11-4-6-13-26(23)33;/h3-16H,1-2H3;/q-1;. The Balaban J connectivity index is 0.00000231. The number of nitrogens with zero attached hydrogens (tertiary/aromatic N) is 3. The van der Waals surface area contributed by atoms with Crippen LogP contribution in [0.1, 0.15) is 10.4 Å². The summed E-state index contributed by atoms with van der Waals surface area (Å²) in [5.41, 5.74) is 8.30. The van der Waals surface area contributed by atoms with Gasteiger partial charge in [-0.1, -0.05) is 70.9 Å². The number of fused-ring (bicyclic) bond motifs is 9. The molecule has 0 bridgehead atoms. The van der Waals surface area contributed by atoms with Crippen molar-refractivity contribution in [2.45, 2.75) is 13.8 Å². The van der Waals surface area contributed by atoms with Gasteiger partial charge in [-0.05, 0) is 49.2 Å². The topological polar surface area (TPSA) is 22.2 Å². The normalized spacial score (nSPS) is 11.8. The van der Waals surface area contributed by atoms with E-state index < -0.39 is 0 Å². The fourth-order valence-corrected chi connectivity index (χ4v) is 7.70. The van der Waals surface area contributed by atoms with Gasteiger partial charge in [0, 0.05) is 46.1 Å². The molecular weight excluding hydrogens is 671 g/mol. The Morgan fingerprint density at radius 2 is 1.54 bits per heavy atom. The maximum Gasteiger partial charge on any atom is 0.0840 e. The van der Waals surface area contributed by atoms with Crippen LogP contribution in [-0.2, 0) is 20.1 Å².